The van der Waals surface area contributed by atoms with Crippen molar-refractivity contribution in [2.75, 3.05) is 5.32 Å². The second-order valence-corrected chi connectivity index (χ2v) is 4.72. The number of hydrogen-bond acceptors (Lipinski definition) is 5. The summed E-state index contributed by atoms with van der Waals surface area (Å²) in [6.45, 7) is 1.44. The van der Waals surface area contributed by atoms with E-state index in [1.165, 1.54) is 17.1 Å². The van der Waals surface area contributed by atoms with Gasteiger partial charge in [-0.25, -0.2) is 0 Å². The maximum absolute atomic E-state index is 4.23. The molecule has 0 saturated heterocycles. The Kier molecular flexibility index (Phi) is 3.51. The van der Waals surface area contributed by atoms with Crippen molar-refractivity contribution in [3.8, 4) is 0 Å². The van der Waals surface area contributed by atoms with E-state index in [2.05, 4.69) is 32.1 Å². The van der Waals surface area contributed by atoms with E-state index >= 15 is 0 Å². The summed E-state index contributed by atoms with van der Waals surface area (Å²) in [7, 11) is 0. The summed E-state index contributed by atoms with van der Waals surface area (Å²) in [6.07, 6.45) is 3.75. The van der Waals surface area contributed by atoms with Crippen LogP contribution in [-0.2, 0) is 13.1 Å². The van der Waals surface area contributed by atoms with Crippen LogP contribution in [0.3, 0.4) is 0 Å². The molecule has 0 aliphatic rings. The van der Waals surface area contributed by atoms with E-state index in [0.717, 1.165) is 17.9 Å². The third-order valence-corrected chi connectivity index (χ3v) is 3.33. The fourth-order valence-electron chi connectivity index (χ4n) is 1.85. The molecule has 0 aliphatic carbocycles. The number of rotatable bonds is 5. The predicted molar refractivity (Wildman–Crippen MR) is 75.0 cm³/mol. The van der Waals surface area contributed by atoms with Crippen LogP contribution < -0.4 is 5.32 Å². The summed E-state index contributed by atoms with van der Waals surface area (Å²) in [5, 5.41) is 13.6. The number of para-hydroxylation sites is 1. The Balaban J connectivity index is 1.73. The molecule has 0 spiro atoms. The van der Waals surface area contributed by atoms with Crippen LogP contribution in [-0.4, -0.2) is 19.4 Å². The molecule has 19 heavy (non-hydrogen) atoms. The molecule has 2 aromatic heterocycles. The molecule has 1 N–H and O–H groups in total. The Bertz CT molecular complexity index is 618. The molecule has 0 saturated carbocycles. The average Bonchev–Trinajstić information content (AvgIpc) is 3.10. The lowest BCUT2D eigenvalue weighted by Gasteiger charge is -2.11. The van der Waals surface area contributed by atoms with Gasteiger partial charge < -0.3 is 5.32 Å². The highest BCUT2D eigenvalue weighted by atomic mass is 32.1. The second-order valence-electron chi connectivity index (χ2n) is 4.11. The smallest absolute Gasteiger partial charge is 0.0946 e. The molecule has 0 aliphatic heterocycles. The van der Waals surface area contributed by atoms with Crippen molar-refractivity contribution in [1.82, 2.24) is 19.4 Å². The molecule has 0 atom stereocenters. The molecule has 96 valence electrons. The van der Waals surface area contributed by atoms with Gasteiger partial charge in [0.15, 0.2) is 0 Å². The fourth-order valence-corrected chi connectivity index (χ4v) is 2.30. The van der Waals surface area contributed by atoms with Crippen LogP contribution in [0.4, 0.5) is 5.69 Å². The molecule has 0 unspecified atom stereocenters. The summed E-state index contributed by atoms with van der Waals surface area (Å²) in [4.78, 5) is 0. The molecular formula is C13H13N5S. The molecule has 0 amide bonds. The lowest BCUT2D eigenvalue weighted by molar-refractivity contribution is 0.687. The summed E-state index contributed by atoms with van der Waals surface area (Å²) in [5.74, 6) is 0. The average molecular weight is 271 g/mol. The van der Waals surface area contributed by atoms with Crippen molar-refractivity contribution in [3.63, 3.8) is 0 Å². The molecule has 0 fully saturated rings. The molecular weight excluding hydrogens is 258 g/mol. The summed E-state index contributed by atoms with van der Waals surface area (Å²) in [5.41, 5.74) is 3.26. The first-order chi connectivity index (χ1) is 9.42. The quantitative estimate of drug-likeness (QED) is 0.774. The van der Waals surface area contributed by atoms with E-state index in [1.807, 2.05) is 34.5 Å². The van der Waals surface area contributed by atoms with Gasteiger partial charge in [-0.1, -0.05) is 22.7 Å². The minimum Gasteiger partial charge on any atom is -0.379 e. The van der Waals surface area contributed by atoms with Gasteiger partial charge in [-0.2, -0.15) is 5.10 Å². The van der Waals surface area contributed by atoms with Crippen molar-refractivity contribution in [3.05, 3.63) is 59.4 Å². The Morgan fingerprint density at radius 1 is 1.21 bits per heavy atom. The Hall–Kier alpha value is -2.21. The van der Waals surface area contributed by atoms with Crippen LogP contribution >= 0.6 is 11.5 Å². The number of aromatic nitrogens is 4. The zero-order chi connectivity index (χ0) is 12.9. The number of benzene rings is 1. The number of nitrogens with zero attached hydrogens (tertiary/aromatic N) is 4. The first-order valence-electron chi connectivity index (χ1n) is 5.97. The number of anilines is 1. The molecule has 6 heteroatoms. The van der Waals surface area contributed by atoms with Gasteiger partial charge in [0.1, 0.15) is 0 Å². The Morgan fingerprint density at radius 2 is 2.16 bits per heavy atom. The van der Waals surface area contributed by atoms with E-state index < -0.39 is 0 Å². The topological polar surface area (TPSA) is 55.6 Å². The van der Waals surface area contributed by atoms with Gasteiger partial charge in [-0.05, 0) is 29.2 Å². The largest absolute Gasteiger partial charge is 0.379 e. The van der Waals surface area contributed by atoms with Gasteiger partial charge in [0.25, 0.3) is 0 Å². The van der Waals surface area contributed by atoms with Crippen LogP contribution in [0, 0.1) is 0 Å². The van der Waals surface area contributed by atoms with Gasteiger partial charge in [0.2, 0.25) is 0 Å². The van der Waals surface area contributed by atoms with Crippen molar-refractivity contribution >= 4 is 17.2 Å². The van der Waals surface area contributed by atoms with E-state index in [0.29, 0.717) is 6.54 Å². The SMILES string of the molecule is c1ccc(NCc2csnn2)c(Cn2cccn2)c1. The maximum Gasteiger partial charge on any atom is 0.0946 e. The van der Waals surface area contributed by atoms with Crippen LogP contribution in [0.25, 0.3) is 0 Å². The minimum atomic E-state index is 0.687. The molecule has 3 aromatic rings. The molecule has 0 bridgehead atoms. The summed E-state index contributed by atoms with van der Waals surface area (Å²) < 4.78 is 5.76. The fraction of sp³-hybridized carbons (Fsp3) is 0.154. The van der Waals surface area contributed by atoms with Gasteiger partial charge in [-0.3, -0.25) is 4.68 Å². The normalized spacial score (nSPS) is 10.5. The van der Waals surface area contributed by atoms with Crippen LogP contribution in [0.5, 0.6) is 0 Å². The number of hydrogen-bond donors (Lipinski definition) is 1. The summed E-state index contributed by atoms with van der Waals surface area (Å²) in [6, 6.07) is 10.2. The molecule has 2 heterocycles. The maximum atomic E-state index is 4.23. The highest BCUT2D eigenvalue weighted by molar-refractivity contribution is 7.03. The Morgan fingerprint density at radius 3 is 2.95 bits per heavy atom. The number of nitrogens with one attached hydrogen (secondary N) is 1. The van der Waals surface area contributed by atoms with Gasteiger partial charge in [-0.15, -0.1) is 5.10 Å². The third-order valence-electron chi connectivity index (χ3n) is 2.77. The van der Waals surface area contributed by atoms with E-state index in [4.69, 9.17) is 0 Å². The van der Waals surface area contributed by atoms with Gasteiger partial charge in [0, 0.05) is 23.5 Å². The first kappa shape index (κ1) is 11.9. The molecule has 5 nitrogen and oxygen atoms in total. The lowest BCUT2D eigenvalue weighted by Crippen LogP contribution is -2.06. The molecule has 1 aromatic carbocycles. The molecule has 0 radical (unpaired) electrons. The molecule has 3 rings (SSSR count). The van der Waals surface area contributed by atoms with E-state index in [-0.39, 0.29) is 0 Å². The standard InChI is InChI=1S/C13H13N5S/c1-2-5-13(14-8-12-10-19-17-16-12)11(4-1)9-18-7-3-6-15-18/h1-7,10,14H,8-9H2. The van der Waals surface area contributed by atoms with Gasteiger partial charge >= 0.3 is 0 Å². The Labute approximate surface area is 115 Å². The van der Waals surface area contributed by atoms with Crippen LogP contribution in [0.15, 0.2) is 48.1 Å². The highest BCUT2D eigenvalue weighted by Crippen LogP contribution is 2.17. The zero-order valence-electron chi connectivity index (χ0n) is 10.2. The monoisotopic (exact) mass is 271 g/mol. The predicted octanol–water partition coefficient (Wildman–Crippen LogP) is 2.40. The third kappa shape index (κ3) is 2.97. The van der Waals surface area contributed by atoms with Crippen molar-refractivity contribution in [2.24, 2.45) is 0 Å². The summed E-state index contributed by atoms with van der Waals surface area (Å²) >= 11 is 1.37. The highest BCUT2D eigenvalue weighted by Gasteiger charge is 2.03. The van der Waals surface area contributed by atoms with Crippen LogP contribution in [0.2, 0.25) is 0 Å². The van der Waals surface area contributed by atoms with Crippen molar-refractivity contribution in [1.29, 1.82) is 0 Å². The first-order valence-corrected chi connectivity index (χ1v) is 6.80. The van der Waals surface area contributed by atoms with Crippen molar-refractivity contribution < 1.29 is 0 Å². The zero-order valence-corrected chi connectivity index (χ0v) is 11.0. The second kappa shape index (κ2) is 5.62. The van der Waals surface area contributed by atoms with Gasteiger partial charge in [0.05, 0.1) is 18.8 Å². The van der Waals surface area contributed by atoms with E-state index in [1.54, 1.807) is 6.20 Å². The lowest BCUT2D eigenvalue weighted by atomic mass is 10.1. The van der Waals surface area contributed by atoms with E-state index in [9.17, 15) is 0 Å². The van der Waals surface area contributed by atoms with Crippen molar-refractivity contribution in [2.45, 2.75) is 13.1 Å². The van der Waals surface area contributed by atoms with Crippen LogP contribution in [0.1, 0.15) is 11.3 Å². The minimum absolute atomic E-state index is 0.687.